The number of hydrogen-bond acceptors (Lipinski definition) is 3. The van der Waals surface area contributed by atoms with Crippen LogP contribution in [0, 0.1) is 0 Å². The van der Waals surface area contributed by atoms with Gasteiger partial charge in [0.15, 0.2) is 0 Å². The molecule has 0 fully saturated rings. The van der Waals surface area contributed by atoms with Crippen molar-refractivity contribution < 1.29 is 5.11 Å². The second-order valence-corrected chi connectivity index (χ2v) is 5.19. The summed E-state index contributed by atoms with van der Waals surface area (Å²) >= 11 is 1.61. The molecule has 90 valence electrons. The number of thiophene rings is 1. The van der Waals surface area contributed by atoms with Crippen molar-refractivity contribution in [1.82, 2.24) is 0 Å². The van der Waals surface area contributed by atoms with Crippen LogP contribution in [0.15, 0.2) is 53.9 Å². The number of phenols is 1. The van der Waals surface area contributed by atoms with E-state index in [9.17, 15) is 5.11 Å². The van der Waals surface area contributed by atoms with Crippen molar-refractivity contribution >= 4 is 22.1 Å². The lowest BCUT2D eigenvalue weighted by Crippen LogP contribution is -2.11. The first-order valence-electron chi connectivity index (χ1n) is 5.77. The third kappa shape index (κ3) is 1.78. The van der Waals surface area contributed by atoms with Crippen molar-refractivity contribution in [2.24, 2.45) is 5.73 Å². The first kappa shape index (κ1) is 11.3. The van der Waals surface area contributed by atoms with Crippen LogP contribution in [0.3, 0.4) is 0 Å². The van der Waals surface area contributed by atoms with Crippen LogP contribution in [0.4, 0.5) is 0 Å². The molecule has 1 heterocycles. The van der Waals surface area contributed by atoms with Gasteiger partial charge in [0, 0.05) is 10.4 Å². The topological polar surface area (TPSA) is 46.2 Å². The van der Waals surface area contributed by atoms with E-state index in [0.717, 1.165) is 21.2 Å². The summed E-state index contributed by atoms with van der Waals surface area (Å²) in [5, 5.41) is 14.2. The number of nitrogens with two attached hydrogens (primary N) is 1. The fourth-order valence-electron chi connectivity index (χ4n) is 2.22. The Balaban J connectivity index is 2.24. The van der Waals surface area contributed by atoms with Gasteiger partial charge in [0.1, 0.15) is 5.75 Å². The molecule has 0 radical (unpaired) electrons. The molecule has 0 saturated carbocycles. The molecule has 1 aromatic heterocycles. The summed E-state index contributed by atoms with van der Waals surface area (Å²) in [6.07, 6.45) is 0. The van der Waals surface area contributed by atoms with Gasteiger partial charge in [0.05, 0.1) is 6.04 Å². The van der Waals surface area contributed by atoms with E-state index in [4.69, 9.17) is 5.73 Å². The number of phenolic OH excluding ortho intramolecular Hbond substituents is 1. The highest BCUT2D eigenvalue weighted by atomic mass is 32.1. The molecule has 0 bridgehead atoms. The quantitative estimate of drug-likeness (QED) is 0.734. The summed E-state index contributed by atoms with van der Waals surface area (Å²) in [5.41, 5.74) is 7.08. The zero-order chi connectivity index (χ0) is 12.5. The van der Waals surface area contributed by atoms with Crippen molar-refractivity contribution in [2.45, 2.75) is 6.04 Å². The molecule has 18 heavy (non-hydrogen) atoms. The third-order valence-corrected chi connectivity index (χ3v) is 4.06. The van der Waals surface area contributed by atoms with E-state index < -0.39 is 0 Å². The van der Waals surface area contributed by atoms with Gasteiger partial charge in [-0.3, -0.25) is 0 Å². The maximum Gasteiger partial charge on any atom is 0.121 e. The Morgan fingerprint density at radius 3 is 2.61 bits per heavy atom. The molecule has 0 saturated heterocycles. The summed E-state index contributed by atoms with van der Waals surface area (Å²) in [7, 11) is 0. The molecule has 0 aliphatic heterocycles. The summed E-state index contributed by atoms with van der Waals surface area (Å²) in [5.74, 6) is 0.259. The SMILES string of the molecule is N[C@@H](c1cccs1)c1c(O)ccc2ccccc12. The average Bonchev–Trinajstić information content (AvgIpc) is 2.92. The Labute approximate surface area is 109 Å². The molecular weight excluding hydrogens is 242 g/mol. The van der Waals surface area contributed by atoms with Crippen LogP contribution in [-0.4, -0.2) is 5.11 Å². The van der Waals surface area contributed by atoms with Gasteiger partial charge in [-0.2, -0.15) is 0 Å². The van der Waals surface area contributed by atoms with E-state index in [-0.39, 0.29) is 11.8 Å². The van der Waals surface area contributed by atoms with Gasteiger partial charge in [-0.1, -0.05) is 36.4 Å². The molecule has 3 rings (SSSR count). The van der Waals surface area contributed by atoms with E-state index in [0.29, 0.717) is 0 Å². The molecule has 0 amide bonds. The Morgan fingerprint density at radius 1 is 1.00 bits per heavy atom. The van der Waals surface area contributed by atoms with Crippen molar-refractivity contribution in [2.75, 3.05) is 0 Å². The maximum atomic E-state index is 10.1. The Morgan fingerprint density at radius 2 is 1.83 bits per heavy atom. The predicted molar refractivity (Wildman–Crippen MR) is 76.0 cm³/mol. The van der Waals surface area contributed by atoms with E-state index in [1.807, 2.05) is 47.8 Å². The number of hydrogen-bond donors (Lipinski definition) is 2. The lowest BCUT2D eigenvalue weighted by Gasteiger charge is -2.15. The lowest BCUT2D eigenvalue weighted by atomic mass is 9.97. The number of rotatable bonds is 2. The fourth-order valence-corrected chi connectivity index (χ4v) is 2.96. The fraction of sp³-hybridized carbons (Fsp3) is 0.0667. The molecule has 0 spiro atoms. The van der Waals surface area contributed by atoms with Crippen LogP contribution in [-0.2, 0) is 0 Å². The van der Waals surface area contributed by atoms with Crippen LogP contribution < -0.4 is 5.73 Å². The highest BCUT2D eigenvalue weighted by molar-refractivity contribution is 7.10. The van der Waals surface area contributed by atoms with Crippen molar-refractivity contribution in [3.05, 3.63) is 64.4 Å². The Bertz CT molecular complexity index is 676. The van der Waals surface area contributed by atoms with Gasteiger partial charge in [-0.15, -0.1) is 11.3 Å². The van der Waals surface area contributed by atoms with Crippen LogP contribution >= 0.6 is 11.3 Å². The first-order chi connectivity index (χ1) is 8.77. The minimum Gasteiger partial charge on any atom is -0.508 e. The summed E-state index contributed by atoms with van der Waals surface area (Å²) in [6, 6.07) is 15.3. The third-order valence-electron chi connectivity index (χ3n) is 3.11. The summed E-state index contributed by atoms with van der Waals surface area (Å²) < 4.78 is 0. The van der Waals surface area contributed by atoms with Crippen molar-refractivity contribution in [3.63, 3.8) is 0 Å². The molecule has 0 aliphatic carbocycles. The average molecular weight is 255 g/mol. The van der Waals surface area contributed by atoms with Gasteiger partial charge in [-0.25, -0.2) is 0 Å². The normalized spacial score (nSPS) is 12.7. The molecule has 2 nitrogen and oxygen atoms in total. The lowest BCUT2D eigenvalue weighted by molar-refractivity contribution is 0.467. The monoisotopic (exact) mass is 255 g/mol. The second-order valence-electron chi connectivity index (χ2n) is 4.21. The molecule has 1 atom stereocenters. The Kier molecular flexibility index (Phi) is 2.78. The van der Waals surface area contributed by atoms with Crippen molar-refractivity contribution in [1.29, 1.82) is 0 Å². The predicted octanol–water partition coefficient (Wildman–Crippen LogP) is 3.66. The summed E-state index contributed by atoms with van der Waals surface area (Å²) in [6.45, 7) is 0. The highest BCUT2D eigenvalue weighted by Gasteiger charge is 2.17. The van der Waals surface area contributed by atoms with Crippen molar-refractivity contribution in [3.8, 4) is 5.75 Å². The van der Waals surface area contributed by atoms with Crippen LogP contribution in [0.2, 0.25) is 0 Å². The number of benzene rings is 2. The smallest absolute Gasteiger partial charge is 0.121 e. The molecular formula is C15H13NOS. The molecule has 0 unspecified atom stereocenters. The summed E-state index contributed by atoms with van der Waals surface area (Å²) in [4.78, 5) is 1.06. The van der Waals surface area contributed by atoms with Crippen LogP contribution in [0.25, 0.3) is 10.8 Å². The van der Waals surface area contributed by atoms with E-state index in [1.54, 1.807) is 17.4 Å². The molecule has 3 N–H and O–H groups in total. The van der Waals surface area contributed by atoms with Crippen LogP contribution in [0.1, 0.15) is 16.5 Å². The standard InChI is InChI=1S/C15H13NOS/c16-15(13-6-3-9-18-13)14-11-5-2-1-4-10(11)7-8-12(14)17/h1-9,15,17H,16H2/t15-/m0/s1. The molecule has 3 heteroatoms. The highest BCUT2D eigenvalue weighted by Crippen LogP contribution is 2.35. The number of fused-ring (bicyclic) bond motifs is 1. The Hall–Kier alpha value is -1.84. The molecule has 3 aromatic rings. The van der Waals surface area contributed by atoms with Gasteiger partial charge < -0.3 is 10.8 Å². The zero-order valence-electron chi connectivity index (χ0n) is 9.71. The zero-order valence-corrected chi connectivity index (χ0v) is 10.5. The van der Waals surface area contributed by atoms with E-state index in [2.05, 4.69) is 0 Å². The van der Waals surface area contributed by atoms with Gasteiger partial charge in [-0.05, 0) is 28.3 Å². The van der Waals surface area contributed by atoms with E-state index >= 15 is 0 Å². The minimum absolute atomic E-state index is 0.259. The first-order valence-corrected chi connectivity index (χ1v) is 6.65. The van der Waals surface area contributed by atoms with Gasteiger partial charge >= 0.3 is 0 Å². The van der Waals surface area contributed by atoms with E-state index in [1.165, 1.54) is 0 Å². The number of aromatic hydroxyl groups is 1. The van der Waals surface area contributed by atoms with Gasteiger partial charge in [0.25, 0.3) is 0 Å². The molecule has 0 aliphatic rings. The van der Waals surface area contributed by atoms with Crippen LogP contribution in [0.5, 0.6) is 5.75 Å². The second kappa shape index (κ2) is 4.44. The maximum absolute atomic E-state index is 10.1. The van der Waals surface area contributed by atoms with Gasteiger partial charge in [0.2, 0.25) is 0 Å². The minimum atomic E-state index is -0.281. The largest absolute Gasteiger partial charge is 0.508 e. The molecule has 2 aromatic carbocycles.